The maximum Gasteiger partial charge on any atom is 0.262 e. The monoisotopic (exact) mass is 400 g/mol. The third-order valence-corrected chi connectivity index (χ3v) is 5.39. The number of amides is 1. The van der Waals surface area contributed by atoms with Crippen molar-refractivity contribution in [3.63, 3.8) is 0 Å². The second kappa shape index (κ2) is 10.5. The molecule has 0 aromatic heterocycles. The van der Waals surface area contributed by atoms with Crippen LogP contribution in [0.25, 0.3) is 0 Å². The Hall–Kier alpha value is -2.04. The Morgan fingerprint density at radius 1 is 1.07 bits per heavy atom. The fraction of sp³-hybridized carbons (Fsp3) is 0.435. The highest BCUT2D eigenvalue weighted by atomic mass is 35.5. The molecule has 0 atom stereocenters. The number of rotatable bonds is 7. The largest absolute Gasteiger partial charge is 0.483 e. The summed E-state index contributed by atoms with van der Waals surface area (Å²) in [6.07, 6.45) is 7.68. The summed E-state index contributed by atoms with van der Waals surface area (Å²) >= 11 is 6.18. The van der Waals surface area contributed by atoms with E-state index >= 15 is 0 Å². The van der Waals surface area contributed by atoms with Gasteiger partial charge >= 0.3 is 0 Å². The summed E-state index contributed by atoms with van der Waals surface area (Å²) in [4.78, 5) is 12.2. The number of hydrogen-bond acceptors (Lipinski definition) is 3. The highest BCUT2D eigenvalue weighted by Gasteiger charge is 2.14. The number of carbonyl (C=O) groups excluding carboxylic acids is 1. The SMILES string of the molecule is Cc1ccc(NC(=O)COc2ccc(Cl)cc2CNC2CCCCCC2)cc1. The molecule has 1 aliphatic carbocycles. The van der Waals surface area contributed by atoms with E-state index in [9.17, 15) is 4.79 Å². The van der Waals surface area contributed by atoms with Gasteiger partial charge < -0.3 is 15.4 Å². The van der Waals surface area contributed by atoms with Gasteiger partial charge in [0.1, 0.15) is 5.75 Å². The first-order valence-electron chi connectivity index (χ1n) is 10.1. The first kappa shape index (κ1) is 20.7. The quantitative estimate of drug-likeness (QED) is 0.605. The molecule has 0 spiro atoms. The molecule has 1 amide bonds. The topological polar surface area (TPSA) is 50.4 Å². The molecule has 0 saturated heterocycles. The number of anilines is 1. The second-order valence-corrected chi connectivity index (χ2v) is 7.96. The standard InChI is InChI=1S/C23H29ClN2O2/c1-17-8-11-21(12-9-17)26-23(27)16-28-22-13-10-19(24)14-18(22)15-25-20-6-4-2-3-5-7-20/h8-14,20,25H,2-7,15-16H2,1H3,(H,26,27). The lowest BCUT2D eigenvalue weighted by Gasteiger charge is -2.18. The zero-order valence-corrected chi connectivity index (χ0v) is 17.2. The summed E-state index contributed by atoms with van der Waals surface area (Å²) in [5.41, 5.74) is 2.91. The zero-order chi connectivity index (χ0) is 19.8. The summed E-state index contributed by atoms with van der Waals surface area (Å²) in [5, 5.41) is 7.17. The molecular weight excluding hydrogens is 372 g/mol. The molecule has 2 N–H and O–H groups in total. The molecule has 3 rings (SSSR count). The molecule has 150 valence electrons. The van der Waals surface area contributed by atoms with Crippen molar-refractivity contribution < 1.29 is 9.53 Å². The average Bonchev–Trinajstić information content (AvgIpc) is 2.96. The van der Waals surface area contributed by atoms with Crippen molar-refractivity contribution >= 4 is 23.2 Å². The van der Waals surface area contributed by atoms with Gasteiger partial charge in [0.2, 0.25) is 0 Å². The van der Waals surface area contributed by atoms with Crippen LogP contribution in [0.1, 0.15) is 49.7 Å². The summed E-state index contributed by atoms with van der Waals surface area (Å²) in [5.74, 6) is 0.519. The Bertz CT molecular complexity index is 769. The molecule has 0 bridgehead atoms. The molecular formula is C23H29ClN2O2. The van der Waals surface area contributed by atoms with Crippen LogP contribution in [0.4, 0.5) is 5.69 Å². The van der Waals surface area contributed by atoms with E-state index < -0.39 is 0 Å². The highest BCUT2D eigenvalue weighted by Crippen LogP contribution is 2.24. The molecule has 5 heteroatoms. The molecule has 4 nitrogen and oxygen atoms in total. The van der Waals surface area contributed by atoms with E-state index in [0.717, 1.165) is 16.8 Å². The first-order chi connectivity index (χ1) is 13.6. The molecule has 1 fully saturated rings. The van der Waals surface area contributed by atoms with Crippen LogP contribution in [0.3, 0.4) is 0 Å². The molecule has 28 heavy (non-hydrogen) atoms. The predicted molar refractivity (Wildman–Crippen MR) is 115 cm³/mol. The first-order valence-corrected chi connectivity index (χ1v) is 10.5. The summed E-state index contributed by atoms with van der Waals surface area (Å²) < 4.78 is 5.80. The molecule has 1 saturated carbocycles. The van der Waals surface area contributed by atoms with Gasteiger partial charge in [0.05, 0.1) is 0 Å². The van der Waals surface area contributed by atoms with E-state index in [2.05, 4.69) is 10.6 Å². The maximum absolute atomic E-state index is 12.2. The Balaban J connectivity index is 1.55. The Morgan fingerprint density at radius 3 is 2.50 bits per heavy atom. The van der Waals surface area contributed by atoms with Gasteiger partial charge in [-0.25, -0.2) is 0 Å². The van der Waals surface area contributed by atoms with Crippen LogP contribution in [0.5, 0.6) is 5.75 Å². The average molecular weight is 401 g/mol. The van der Waals surface area contributed by atoms with Gasteiger partial charge in [-0.3, -0.25) is 4.79 Å². The van der Waals surface area contributed by atoms with Crippen LogP contribution in [0.2, 0.25) is 5.02 Å². The number of hydrogen-bond donors (Lipinski definition) is 2. The zero-order valence-electron chi connectivity index (χ0n) is 16.5. The highest BCUT2D eigenvalue weighted by molar-refractivity contribution is 6.30. The Kier molecular flexibility index (Phi) is 7.75. The molecule has 0 heterocycles. The maximum atomic E-state index is 12.2. The third kappa shape index (κ3) is 6.54. The van der Waals surface area contributed by atoms with Crippen molar-refractivity contribution in [3.05, 3.63) is 58.6 Å². The van der Waals surface area contributed by atoms with Crippen LogP contribution < -0.4 is 15.4 Å². The molecule has 2 aromatic carbocycles. The lowest BCUT2D eigenvalue weighted by atomic mass is 10.1. The second-order valence-electron chi connectivity index (χ2n) is 7.52. The van der Waals surface area contributed by atoms with Crippen molar-refractivity contribution in [2.24, 2.45) is 0 Å². The molecule has 0 aliphatic heterocycles. The summed E-state index contributed by atoms with van der Waals surface area (Å²) in [7, 11) is 0. The molecule has 1 aliphatic rings. The normalized spacial score (nSPS) is 15.1. The van der Waals surface area contributed by atoms with Gasteiger partial charge in [0.15, 0.2) is 6.61 Å². The van der Waals surface area contributed by atoms with Crippen molar-refractivity contribution in [1.29, 1.82) is 0 Å². The summed E-state index contributed by atoms with van der Waals surface area (Å²) in [6.45, 7) is 2.67. The van der Waals surface area contributed by atoms with E-state index in [-0.39, 0.29) is 12.5 Å². The lowest BCUT2D eigenvalue weighted by molar-refractivity contribution is -0.118. The van der Waals surface area contributed by atoms with Gasteiger partial charge in [0.25, 0.3) is 5.91 Å². The summed E-state index contributed by atoms with van der Waals surface area (Å²) in [6, 6.07) is 13.8. The van der Waals surface area contributed by atoms with Crippen LogP contribution in [0.15, 0.2) is 42.5 Å². The van der Waals surface area contributed by atoms with Gasteiger partial charge in [-0.05, 0) is 50.1 Å². The number of benzene rings is 2. The van der Waals surface area contributed by atoms with Crippen LogP contribution in [-0.4, -0.2) is 18.6 Å². The van der Waals surface area contributed by atoms with Crippen LogP contribution in [0, 0.1) is 6.92 Å². The number of ether oxygens (including phenoxy) is 1. The minimum Gasteiger partial charge on any atom is -0.483 e. The third-order valence-electron chi connectivity index (χ3n) is 5.15. The number of nitrogens with one attached hydrogen (secondary N) is 2. The van der Waals surface area contributed by atoms with E-state index in [1.165, 1.54) is 38.5 Å². The minimum atomic E-state index is -0.179. The predicted octanol–water partition coefficient (Wildman–Crippen LogP) is 5.48. The van der Waals surface area contributed by atoms with Crippen molar-refractivity contribution in [2.45, 2.75) is 58.0 Å². The number of aryl methyl sites for hydroxylation is 1. The molecule has 0 unspecified atom stereocenters. The lowest BCUT2D eigenvalue weighted by Crippen LogP contribution is -2.28. The van der Waals surface area contributed by atoms with Crippen molar-refractivity contribution in [3.8, 4) is 5.75 Å². The van der Waals surface area contributed by atoms with Gasteiger partial charge in [-0.15, -0.1) is 0 Å². The van der Waals surface area contributed by atoms with Crippen molar-refractivity contribution in [2.75, 3.05) is 11.9 Å². The van der Waals surface area contributed by atoms with E-state index in [1.54, 1.807) is 6.07 Å². The molecule has 2 aromatic rings. The smallest absolute Gasteiger partial charge is 0.262 e. The Morgan fingerprint density at radius 2 is 1.79 bits per heavy atom. The van der Waals surface area contributed by atoms with Crippen LogP contribution in [-0.2, 0) is 11.3 Å². The van der Waals surface area contributed by atoms with E-state index in [0.29, 0.717) is 23.4 Å². The number of carbonyl (C=O) groups is 1. The van der Waals surface area contributed by atoms with Crippen LogP contribution >= 0.6 is 11.6 Å². The van der Waals surface area contributed by atoms with Crippen molar-refractivity contribution in [1.82, 2.24) is 5.32 Å². The Labute approximate surface area is 172 Å². The van der Waals surface area contributed by atoms with E-state index in [4.69, 9.17) is 16.3 Å². The molecule has 0 radical (unpaired) electrons. The minimum absolute atomic E-state index is 0.0358. The van der Waals surface area contributed by atoms with Gasteiger partial charge in [-0.2, -0.15) is 0 Å². The van der Waals surface area contributed by atoms with Gasteiger partial charge in [0, 0.05) is 28.9 Å². The van der Waals surface area contributed by atoms with E-state index in [1.807, 2.05) is 43.3 Å². The number of halogens is 1. The van der Waals surface area contributed by atoms with Gasteiger partial charge in [-0.1, -0.05) is 55.0 Å². The fourth-order valence-electron chi connectivity index (χ4n) is 3.54. The fourth-order valence-corrected chi connectivity index (χ4v) is 3.74.